The first-order valence-electron chi connectivity index (χ1n) is 11.0. The average molecular weight is 492 g/mol. The van der Waals surface area contributed by atoms with Crippen LogP contribution in [-0.2, 0) is 6.18 Å². The van der Waals surface area contributed by atoms with Crippen molar-refractivity contribution in [2.24, 2.45) is 10.1 Å². The molecule has 0 spiro atoms. The second-order valence-electron chi connectivity index (χ2n) is 8.36. The summed E-state index contributed by atoms with van der Waals surface area (Å²) < 4.78 is 53.7. The molecule has 2 aromatic heterocycles. The number of aliphatic imine (C=N–C) groups is 1. The van der Waals surface area contributed by atoms with Crippen LogP contribution in [0.15, 0.2) is 40.8 Å². The van der Waals surface area contributed by atoms with Gasteiger partial charge in [0, 0.05) is 25.8 Å². The van der Waals surface area contributed by atoms with Gasteiger partial charge < -0.3 is 9.80 Å². The van der Waals surface area contributed by atoms with E-state index in [1.165, 1.54) is 29.8 Å². The normalized spacial score (nSPS) is 20.7. The van der Waals surface area contributed by atoms with Crippen molar-refractivity contribution in [3.63, 3.8) is 0 Å². The van der Waals surface area contributed by atoms with Crippen molar-refractivity contribution in [3.05, 3.63) is 42.0 Å². The molecule has 1 saturated carbocycles. The van der Waals surface area contributed by atoms with Crippen molar-refractivity contribution in [3.8, 4) is 0 Å². The third-order valence-electron chi connectivity index (χ3n) is 5.93. The Kier molecular flexibility index (Phi) is 6.94. The molecule has 1 aliphatic carbocycles. The minimum atomic E-state index is -4.49. The molecule has 2 aromatic rings. The van der Waals surface area contributed by atoms with Gasteiger partial charge in [0.2, 0.25) is 0 Å². The molecule has 3 heterocycles. The monoisotopic (exact) mass is 492 g/mol. The van der Waals surface area contributed by atoms with Crippen molar-refractivity contribution in [2.75, 3.05) is 30.0 Å². The highest BCUT2D eigenvalue weighted by Gasteiger charge is 2.44. The predicted octanol–water partition coefficient (Wildman–Crippen LogP) is 3.19. The van der Waals surface area contributed by atoms with Crippen LogP contribution in [0.5, 0.6) is 0 Å². The van der Waals surface area contributed by atoms with Gasteiger partial charge in [0.25, 0.3) is 5.91 Å². The minimum absolute atomic E-state index is 0.0751. The maximum absolute atomic E-state index is 15.3. The number of amides is 1. The highest BCUT2D eigenvalue weighted by molar-refractivity contribution is 5.93. The number of pyridine rings is 1. The quantitative estimate of drug-likeness (QED) is 0.255. The summed E-state index contributed by atoms with van der Waals surface area (Å²) in [7, 11) is 1.64. The lowest BCUT2D eigenvalue weighted by Crippen LogP contribution is -2.55. The number of alkyl halides is 4. The summed E-state index contributed by atoms with van der Waals surface area (Å²) in [6, 6.07) is 1.42. The van der Waals surface area contributed by atoms with E-state index in [0.717, 1.165) is 25.1 Å². The van der Waals surface area contributed by atoms with Crippen LogP contribution in [0.2, 0.25) is 0 Å². The lowest BCUT2D eigenvalue weighted by Gasteiger charge is -2.41. The van der Waals surface area contributed by atoms with E-state index >= 15 is 4.39 Å². The van der Waals surface area contributed by atoms with Crippen molar-refractivity contribution in [1.29, 1.82) is 0 Å². The van der Waals surface area contributed by atoms with E-state index in [1.54, 1.807) is 16.8 Å². The topological polar surface area (TPSA) is 90.2 Å². The van der Waals surface area contributed by atoms with Gasteiger partial charge in [0.1, 0.15) is 24.0 Å². The van der Waals surface area contributed by atoms with Gasteiger partial charge in [-0.2, -0.15) is 18.3 Å². The Labute approximate surface area is 199 Å². The maximum atomic E-state index is 15.3. The first-order chi connectivity index (χ1) is 16.7. The molecule has 9 nitrogen and oxygen atoms in total. The smallest absolute Gasteiger partial charge is 0.354 e. The third-order valence-corrected chi connectivity index (χ3v) is 5.93. The number of hydrogen-bond donors (Lipinski definition) is 0. The largest absolute Gasteiger partial charge is 0.417 e. The first-order valence-corrected chi connectivity index (χ1v) is 11.0. The molecule has 13 heteroatoms. The van der Waals surface area contributed by atoms with Crippen LogP contribution in [0.25, 0.3) is 0 Å². The Morgan fingerprint density at radius 3 is 2.49 bits per heavy atom. The van der Waals surface area contributed by atoms with Crippen molar-refractivity contribution >= 4 is 30.6 Å². The highest BCUT2D eigenvalue weighted by Crippen LogP contribution is 2.35. The molecule has 1 aliphatic heterocycles. The molecule has 186 valence electrons. The molecule has 0 N–H and O–H groups in total. The number of carbonyl (C=O) groups excluding carboxylic acids is 1. The average Bonchev–Trinajstić information content (AvgIpc) is 3.68. The van der Waals surface area contributed by atoms with Crippen LogP contribution < -0.4 is 9.91 Å². The fourth-order valence-corrected chi connectivity index (χ4v) is 4.00. The SMILES string of the molecule is C=N/C=N\N(C)c1cnc(C(=O)N(C2CC2)[C@@H]2CCN(c3ccc(C(F)(F)F)cn3)C[C@@H]2F)cn1. The number of hydrazone groups is 1. The van der Waals surface area contributed by atoms with E-state index in [1.807, 2.05) is 0 Å². The van der Waals surface area contributed by atoms with Crippen LogP contribution >= 0.6 is 0 Å². The third kappa shape index (κ3) is 5.54. The molecule has 35 heavy (non-hydrogen) atoms. The Balaban J connectivity index is 1.45. The Morgan fingerprint density at radius 1 is 1.17 bits per heavy atom. The molecule has 2 aliphatic rings. The summed E-state index contributed by atoms with van der Waals surface area (Å²) >= 11 is 0. The summed E-state index contributed by atoms with van der Waals surface area (Å²) in [5.74, 6) is 0.252. The number of rotatable bonds is 7. The number of carbonyl (C=O) groups is 1. The van der Waals surface area contributed by atoms with Gasteiger partial charge in [-0.15, -0.1) is 0 Å². The molecule has 0 bridgehead atoms. The van der Waals surface area contributed by atoms with E-state index in [4.69, 9.17) is 0 Å². The summed E-state index contributed by atoms with van der Waals surface area (Å²) in [4.78, 5) is 32.2. The van der Waals surface area contributed by atoms with E-state index < -0.39 is 29.9 Å². The molecule has 1 amide bonds. The zero-order valence-corrected chi connectivity index (χ0v) is 18.9. The summed E-state index contributed by atoms with van der Waals surface area (Å²) in [6.45, 7) is 3.57. The Hall–Kier alpha value is -3.64. The first kappa shape index (κ1) is 24.5. The number of nitrogens with zero attached hydrogens (tertiary/aromatic N) is 8. The van der Waals surface area contributed by atoms with Crippen LogP contribution in [0.1, 0.15) is 35.3 Å². The molecule has 0 radical (unpaired) electrons. The second kappa shape index (κ2) is 9.92. The number of piperidine rings is 1. The molecule has 2 fully saturated rings. The lowest BCUT2D eigenvalue weighted by molar-refractivity contribution is -0.137. The van der Waals surface area contributed by atoms with Crippen LogP contribution in [0.3, 0.4) is 0 Å². The molecular formula is C22H24F4N8O. The van der Waals surface area contributed by atoms with E-state index in [9.17, 15) is 18.0 Å². The molecule has 0 unspecified atom stereocenters. The highest BCUT2D eigenvalue weighted by atomic mass is 19.4. The fourth-order valence-electron chi connectivity index (χ4n) is 4.00. The predicted molar refractivity (Wildman–Crippen MR) is 122 cm³/mol. The molecule has 1 saturated heterocycles. The molecular weight excluding hydrogens is 468 g/mol. The van der Waals surface area contributed by atoms with Gasteiger partial charge in [-0.3, -0.25) is 9.79 Å². The molecule has 0 aromatic carbocycles. The maximum Gasteiger partial charge on any atom is 0.417 e. The van der Waals surface area contributed by atoms with Crippen molar-refractivity contribution in [1.82, 2.24) is 19.9 Å². The van der Waals surface area contributed by atoms with Crippen molar-refractivity contribution < 1.29 is 22.4 Å². The Morgan fingerprint density at radius 2 is 1.94 bits per heavy atom. The standard InChI is InChI=1S/C22H24F4N8O/c1-27-13-31-32(2)20-11-28-17(10-30-20)21(35)34(15-4-5-15)18-7-8-33(12-16(18)23)19-6-3-14(9-29-19)22(24,25)26/h3,6,9-11,13,15-16,18H,1,4-5,7-8,12H2,2H3/b31-13-/t16-,18+/m0/s1. The van der Waals surface area contributed by atoms with E-state index in [-0.39, 0.29) is 24.1 Å². The van der Waals surface area contributed by atoms with Crippen molar-refractivity contribution in [2.45, 2.75) is 43.7 Å². The second-order valence-corrected chi connectivity index (χ2v) is 8.36. The van der Waals surface area contributed by atoms with Crippen LogP contribution in [-0.4, -0.2) is 77.2 Å². The lowest BCUT2D eigenvalue weighted by atomic mass is 10.00. The zero-order valence-electron chi connectivity index (χ0n) is 18.9. The van der Waals surface area contributed by atoms with Crippen LogP contribution in [0.4, 0.5) is 29.2 Å². The van der Waals surface area contributed by atoms with E-state index in [0.29, 0.717) is 18.8 Å². The summed E-state index contributed by atoms with van der Waals surface area (Å²) in [6.07, 6.45) is 0.670. The number of hydrogen-bond acceptors (Lipinski definition) is 7. The Bertz CT molecular complexity index is 1070. The van der Waals surface area contributed by atoms with E-state index in [2.05, 4.69) is 31.8 Å². The van der Waals surface area contributed by atoms with Gasteiger partial charge >= 0.3 is 6.18 Å². The molecule has 4 rings (SSSR count). The van der Waals surface area contributed by atoms with Gasteiger partial charge in [-0.05, 0) is 38.1 Å². The number of halogens is 4. The number of anilines is 2. The summed E-state index contributed by atoms with van der Waals surface area (Å²) in [5, 5.41) is 5.37. The van der Waals surface area contributed by atoms with Gasteiger partial charge in [0.15, 0.2) is 5.82 Å². The van der Waals surface area contributed by atoms with Gasteiger partial charge in [-0.1, -0.05) is 0 Å². The molecule has 2 atom stereocenters. The van der Waals surface area contributed by atoms with Crippen LogP contribution in [0, 0.1) is 0 Å². The van der Waals surface area contributed by atoms with Gasteiger partial charge in [-0.25, -0.2) is 24.4 Å². The number of aromatic nitrogens is 3. The van der Waals surface area contributed by atoms with Gasteiger partial charge in [0.05, 0.1) is 30.5 Å². The fraction of sp³-hybridized carbons (Fsp3) is 0.455. The zero-order chi connectivity index (χ0) is 25.2. The summed E-state index contributed by atoms with van der Waals surface area (Å²) in [5.41, 5.74) is -0.764. The minimum Gasteiger partial charge on any atom is -0.354 e.